The van der Waals surface area contributed by atoms with Gasteiger partial charge in [-0.15, -0.1) is 0 Å². The van der Waals surface area contributed by atoms with Gasteiger partial charge >= 0.3 is 0 Å². The van der Waals surface area contributed by atoms with Crippen LogP contribution in [0.2, 0.25) is 5.02 Å². The van der Waals surface area contributed by atoms with Gasteiger partial charge in [0.1, 0.15) is 0 Å². The number of nitrogens with one attached hydrogen (secondary N) is 1. The van der Waals surface area contributed by atoms with Crippen LogP contribution >= 0.6 is 23.4 Å². The number of likely N-dealkylation sites (tertiary alicyclic amines) is 1. The molecular formula is C23H29ClN2OS. The summed E-state index contributed by atoms with van der Waals surface area (Å²) in [6.45, 7) is 5.73. The van der Waals surface area contributed by atoms with Crippen molar-refractivity contribution in [2.45, 2.75) is 32.1 Å². The summed E-state index contributed by atoms with van der Waals surface area (Å²) < 4.78 is 0. The Morgan fingerprint density at radius 3 is 2.71 bits per heavy atom. The first-order chi connectivity index (χ1) is 13.6. The van der Waals surface area contributed by atoms with E-state index in [9.17, 15) is 4.79 Å². The van der Waals surface area contributed by atoms with Gasteiger partial charge in [-0.1, -0.05) is 48.0 Å². The fraction of sp³-hybridized carbons (Fsp3) is 0.435. The molecule has 1 saturated heterocycles. The maximum absolute atomic E-state index is 12.4. The first-order valence-corrected chi connectivity index (χ1v) is 11.5. The van der Waals surface area contributed by atoms with Gasteiger partial charge in [-0.25, -0.2) is 0 Å². The summed E-state index contributed by atoms with van der Waals surface area (Å²) in [6, 6.07) is 16.5. The van der Waals surface area contributed by atoms with Crippen LogP contribution in [0.25, 0.3) is 0 Å². The molecule has 0 aromatic heterocycles. The fourth-order valence-corrected chi connectivity index (χ4v) is 4.74. The lowest BCUT2D eigenvalue weighted by Gasteiger charge is -2.31. The van der Waals surface area contributed by atoms with Crippen LogP contribution in [0, 0.1) is 12.8 Å². The molecule has 2 aromatic rings. The van der Waals surface area contributed by atoms with Gasteiger partial charge in [0.2, 0.25) is 5.91 Å². The zero-order valence-electron chi connectivity index (χ0n) is 16.5. The maximum Gasteiger partial charge on any atom is 0.223 e. The standard InChI is InChI=1S/C23H29ClN2OS/c1-18-5-2-3-7-21(18)17-28-14-11-25-23(27)20-9-12-26(13-10-20)16-19-6-4-8-22(24)15-19/h2-8,15,20H,9-14,16-17H2,1H3,(H,25,27). The molecule has 5 heteroatoms. The van der Waals surface area contributed by atoms with Crippen LogP contribution in [0.1, 0.15) is 29.5 Å². The van der Waals surface area contributed by atoms with E-state index in [1.54, 1.807) is 0 Å². The molecule has 0 unspecified atom stereocenters. The molecule has 3 nitrogen and oxygen atoms in total. The number of nitrogens with zero attached hydrogens (tertiary/aromatic N) is 1. The second-order valence-electron chi connectivity index (χ2n) is 7.45. The minimum atomic E-state index is 0.150. The molecule has 28 heavy (non-hydrogen) atoms. The number of piperidine rings is 1. The zero-order chi connectivity index (χ0) is 19.8. The molecule has 0 spiro atoms. The molecule has 0 radical (unpaired) electrons. The lowest BCUT2D eigenvalue weighted by atomic mass is 9.95. The Bertz CT molecular complexity index is 775. The minimum absolute atomic E-state index is 0.150. The number of thioether (sulfide) groups is 1. The Kier molecular flexibility index (Phi) is 8.26. The number of carbonyl (C=O) groups excluding carboxylic acids is 1. The highest BCUT2D eigenvalue weighted by molar-refractivity contribution is 7.98. The van der Waals surface area contributed by atoms with Crippen molar-refractivity contribution in [2.75, 3.05) is 25.4 Å². The van der Waals surface area contributed by atoms with Gasteiger partial charge in [0.15, 0.2) is 0 Å². The predicted molar refractivity (Wildman–Crippen MR) is 120 cm³/mol. The summed E-state index contributed by atoms with van der Waals surface area (Å²) in [5, 5.41) is 3.91. The normalized spacial score (nSPS) is 15.5. The monoisotopic (exact) mass is 416 g/mol. The van der Waals surface area contributed by atoms with E-state index in [0.29, 0.717) is 0 Å². The van der Waals surface area contributed by atoms with Gasteiger partial charge in [0, 0.05) is 35.5 Å². The average Bonchev–Trinajstić information content (AvgIpc) is 2.69. The largest absolute Gasteiger partial charge is 0.355 e. The van der Waals surface area contributed by atoms with Crippen LogP contribution in [-0.2, 0) is 17.1 Å². The molecule has 1 N–H and O–H groups in total. The molecule has 1 heterocycles. The summed E-state index contributed by atoms with van der Waals surface area (Å²) in [7, 11) is 0. The van der Waals surface area contributed by atoms with E-state index in [4.69, 9.17) is 11.6 Å². The van der Waals surface area contributed by atoms with Crippen LogP contribution in [0.5, 0.6) is 0 Å². The first-order valence-electron chi connectivity index (χ1n) is 9.98. The van der Waals surface area contributed by atoms with Crippen molar-refractivity contribution in [2.24, 2.45) is 5.92 Å². The lowest BCUT2D eigenvalue weighted by Crippen LogP contribution is -2.40. The summed E-state index contributed by atoms with van der Waals surface area (Å²) in [4.78, 5) is 14.8. The van der Waals surface area contributed by atoms with Crippen LogP contribution < -0.4 is 5.32 Å². The van der Waals surface area contributed by atoms with Crippen molar-refractivity contribution in [3.05, 3.63) is 70.2 Å². The molecule has 3 rings (SSSR count). The highest BCUT2D eigenvalue weighted by Crippen LogP contribution is 2.21. The predicted octanol–water partition coefficient (Wildman–Crippen LogP) is 4.91. The lowest BCUT2D eigenvalue weighted by molar-refractivity contribution is -0.126. The number of benzene rings is 2. The van der Waals surface area contributed by atoms with E-state index in [1.165, 1.54) is 16.7 Å². The third-order valence-corrected chi connectivity index (χ3v) is 6.56. The maximum atomic E-state index is 12.4. The van der Waals surface area contributed by atoms with E-state index in [2.05, 4.69) is 47.5 Å². The van der Waals surface area contributed by atoms with Crippen molar-refractivity contribution in [3.63, 3.8) is 0 Å². The molecule has 0 saturated carbocycles. The zero-order valence-corrected chi connectivity index (χ0v) is 18.1. The van der Waals surface area contributed by atoms with Crippen molar-refractivity contribution in [1.29, 1.82) is 0 Å². The number of hydrogen-bond donors (Lipinski definition) is 1. The van der Waals surface area contributed by atoms with E-state index >= 15 is 0 Å². The van der Waals surface area contributed by atoms with Crippen LogP contribution in [-0.4, -0.2) is 36.2 Å². The van der Waals surface area contributed by atoms with Crippen molar-refractivity contribution < 1.29 is 4.79 Å². The molecule has 2 aromatic carbocycles. The van der Waals surface area contributed by atoms with Gasteiger partial charge in [0.05, 0.1) is 0 Å². The highest BCUT2D eigenvalue weighted by atomic mass is 35.5. The number of rotatable bonds is 8. The molecule has 1 amide bonds. The molecule has 1 aliphatic heterocycles. The van der Waals surface area contributed by atoms with E-state index in [-0.39, 0.29) is 11.8 Å². The smallest absolute Gasteiger partial charge is 0.223 e. The van der Waals surface area contributed by atoms with Crippen LogP contribution in [0.3, 0.4) is 0 Å². The number of amides is 1. The molecule has 1 fully saturated rings. The fourth-order valence-electron chi connectivity index (χ4n) is 3.59. The van der Waals surface area contributed by atoms with Crippen LogP contribution in [0.15, 0.2) is 48.5 Å². The number of halogens is 1. The topological polar surface area (TPSA) is 32.3 Å². The number of hydrogen-bond acceptors (Lipinski definition) is 3. The molecule has 1 aliphatic rings. The third-order valence-electron chi connectivity index (χ3n) is 5.32. The Morgan fingerprint density at radius 2 is 1.96 bits per heavy atom. The van der Waals surface area contributed by atoms with Crippen molar-refractivity contribution in [1.82, 2.24) is 10.2 Å². The Hall–Kier alpha value is -1.49. The van der Waals surface area contributed by atoms with Crippen LogP contribution in [0.4, 0.5) is 0 Å². The molecule has 0 bridgehead atoms. The van der Waals surface area contributed by atoms with Gasteiger partial charge in [0.25, 0.3) is 0 Å². The Labute approximate surface area is 177 Å². The Morgan fingerprint density at radius 1 is 1.18 bits per heavy atom. The van der Waals surface area contributed by atoms with Crippen molar-refractivity contribution in [3.8, 4) is 0 Å². The molecule has 0 atom stereocenters. The van der Waals surface area contributed by atoms with E-state index < -0.39 is 0 Å². The minimum Gasteiger partial charge on any atom is -0.355 e. The van der Waals surface area contributed by atoms with E-state index in [0.717, 1.165) is 55.5 Å². The summed E-state index contributed by atoms with van der Waals surface area (Å²) in [5.41, 5.74) is 3.95. The van der Waals surface area contributed by atoms with Gasteiger partial charge in [-0.05, 0) is 61.7 Å². The molecule has 0 aliphatic carbocycles. The summed E-state index contributed by atoms with van der Waals surface area (Å²) >= 11 is 7.95. The van der Waals surface area contributed by atoms with E-state index in [1.807, 2.05) is 30.0 Å². The average molecular weight is 417 g/mol. The summed E-state index contributed by atoms with van der Waals surface area (Å²) in [6.07, 6.45) is 1.87. The second kappa shape index (κ2) is 10.9. The summed E-state index contributed by atoms with van der Waals surface area (Å²) in [5.74, 6) is 2.33. The molecule has 150 valence electrons. The number of carbonyl (C=O) groups is 1. The third kappa shape index (κ3) is 6.54. The van der Waals surface area contributed by atoms with Gasteiger partial charge in [-0.3, -0.25) is 9.69 Å². The quantitative estimate of drug-likeness (QED) is 0.620. The second-order valence-corrected chi connectivity index (χ2v) is 8.99. The Balaban J connectivity index is 1.31. The highest BCUT2D eigenvalue weighted by Gasteiger charge is 2.24. The molecular weight excluding hydrogens is 388 g/mol. The van der Waals surface area contributed by atoms with Crippen molar-refractivity contribution >= 4 is 29.3 Å². The number of aryl methyl sites for hydroxylation is 1. The van der Waals surface area contributed by atoms with Gasteiger partial charge < -0.3 is 5.32 Å². The SMILES string of the molecule is Cc1ccccc1CSCCNC(=O)C1CCN(Cc2cccc(Cl)c2)CC1. The first kappa shape index (κ1) is 21.2. The van der Waals surface area contributed by atoms with Gasteiger partial charge in [-0.2, -0.15) is 11.8 Å².